The fourth-order valence-electron chi connectivity index (χ4n) is 2.16. The monoisotopic (exact) mass is 412 g/mol. The van der Waals surface area contributed by atoms with Crippen molar-refractivity contribution in [1.29, 1.82) is 0 Å². The highest BCUT2D eigenvalue weighted by Crippen LogP contribution is 2.37. The van der Waals surface area contributed by atoms with Gasteiger partial charge in [0.05, 0.1) is 5.25 Å². The zero-order valence-electron chi connectivity index (χ0n) is 13.3. The van der Waals surface area contributed by atoms with E-state index in [2.05, 4.69) is 26.4 Å². The lowest BCUT2D eigenvalue weighted by Crippen LogP contribution is -2.22. The molecule has 1 aliphatic heterocycles. The molecule has 24 heavy (non-hydrogen) atoms. The third kappa shape index (κ3) is 4.05. The lowest BCUT2D eigenvalue weighted by molar-refractivity contribution is -0.115. The number of halogens is 1. The van der Waals surface area contributed by atoms with Crippen molar-refractivity contribution in [3.8, 4) is 11.5 Å². The van der Waals surface area contributed by atoms with Crippen molar-refractivity contribution >= 4 is 39.4 Å². The topological polar surface area (TPSA) is 73.6 Å². The van der Waals surface area contributed by atoms with Crippen molar-refractivity contribution in [2.45, 2.75) is 24.9 Å². The number of carbonyl (C=O) groups excluding carboxylic acids is 1. The van der Waals surface area contributed by atoms with Crippen LogP contribution < -0.4 is 14.8 Å². The molecule has 1 unspecified atom stereocenters. The summed E-state index contributed by atoms with van der Waals surface area (Å²) < 4.78 is 17.0. The maximum atomic E-state index is 12.2. The summed E-state index contributed by atoms with van der Waals surface area (Å²) in [6.07, 6.45) is 0. The minimum absolute atomic E-state index is 0.109. The molecule has 8 heteroatoms. The van der Waals surface area contributed by atoms with Gasteiger partial charge in [0.1, 0.15) is 19.0 Å². The molecule has 6 nitrogen and oxygen atoms in total. The van der Waals surface area contributed by atoms with Gasteiger partial charge in [0, 0.05) is 16.3 Å². The molecule has 2 heterocycles. The summed E-state index contributed by atoms with van der Waals surface area (Å²) in [4.78, 5) is 12.2. The molecule has 1 aliphatic rings. The largest absolute Gasteiger partial charge is 0.486 e. The van der Waals surface area contributed by atoms with E-state index in [-0.39, 0.29) is 11.2 Å². The summed E-state index contributed by atoms with van der Waals surface area (Å²) in [6.45, 7) is 4.75. The third-order valence-electron chi connectivity index (χ3n) is 3.45. The van der Waals surface area contributed by atoms with Crippen LogP contribution in [0.5, 0.6) is 11.5 Å². The van der Waals surface area contributed by atoms with Crippen LogP contribution in [0.1, 0.15) is 18.2 Å². The van der Waals surface area contributed by atoms with Crippen LogP contribution in [0.2, 0.25) is 0 Å². The third-order valence-corrected chi connectivity index (χ3v) is 5.38. The Kier molecular flexibility index (Phi) is 5.35. The summed E-state index contributed by atoms with van der Waals surface area (Å²) >= 11 is 5.08. The fraction of sp³-hybridized carbons (Fsp3) is 0.375. The summed E-state index contributed by atoms with van der Waals surface area (Å²) in [5, 5.41) is 6.27. The normalized spacial score (nSPS) is 14.3. The molecule has 0 saturated heterocycles. The van der Waals surface area contributed by atoms with Crippen molar-refractivity contribution in [1.82, 2.24) is 5.16 Å². The van der Waals surface area contributed by atoms with Gasteiger partial charge in [0.2, 0.25) is 5.91 Å². The van der Waals surface area contributed by atoms with E-state index in [0.29, 0.717) is 30.5 Å². The van der Waals surface area contributed by atoms with E-state index in [1.165, 1.54) is 11.8 Å². The number of hydrogen-bond donors (Lipinski definition) is 1. The number of amides is 1. The first-order chi connectivity index (χ1) is 11.5. The molecule has 2 aromatic rings. The van der Waals surface area contributed by atoms with Crippen LogP contribution in [0.25, 0.3) is 0 Å². The van der Waals surface area contributed by atoms with E-state index in [1.807, 2.05) is 19.1 Å². The molecule has 1 aromatic carbocycles. The zero-order valence-corrected chi connectivity index (χ0v) is 15.7. The minimum Gasteiger partial charge on any atom is -0.486 e. The molecule has 0 aliphatic carbocycles. The summed E-state index contributed by atoms with van der Waals surface area (Å²) in [6, 6.07) is 5.55. The number of hydrogen-bond acceptors (Lipinski definition) is 6. The Balaban J connectivity index is 1.59. The maximum absolute atomic E-state index is 12.2. The average molecular weight is 413 g/mol. The molecule has 1 N–H and O–H groups in total. The second-order valence-electron chi connectivity index (χ2n) is 5.35. The summed E-state index contributed by atoms with van der Waals surface area (Å²) in [5.74, 6) is 3.14. The lowest BCUT2D eigenvalue weighted by Gasteiger charge is -2.20. The number of aromatic nitrogens is 1. The van der Waals surface area contributed by atoms with Crippen LogP contribution in [0.4, 0.5) is 5.82 Å². The quantitative estimate of drug-likeness (QED) is 0.805. The van der Waals surface area contributed by atoms with Crippen LogP contribution in [0, 0.1) is 6.92 Å². The van der Waals surface area contributed by atoms with Crippen molar-refractivity contribution in [2.24, 2.45) is 0 Å². The molecular formula is C16H17BrN2O4S. The van der Waals surface area contributed by atoms with Crippen molar-refractivity contribution < 1.29 is 18.8 Å². The Morgan fingerprint density at radius 2 is 2.04 bits per heavy atom. The SMILES string of the molecule is Cc1cc(NC(=O)C(C)SCc2cc3c(cc2Br)OCCO3)no1. The number of thioether (sulfide) groups is 1. The fourth-order valence-corrected chi connectivity index (χ4v) is 3.69. The average Bonchev–Trinajstić information content (AvgIpc) is 2.97. The number of carbonyl (C=O) groups is 1. The highest BCUT2D eigenvalue weighted by molar-refractivity contribution is 9.10. The van der Waals surface area contributed by atoms with Crippen LogP contribution >= 0.6 is 27.7 Å². The Bertz CT molecular complexity index is 750. The number of benzene rings is 1. The predicted molar refractivity (Wildman–Crippen MR) is 95.8 cm³/mol. The van der Waals surface area contributed by atoms with Gasteiger partial charge in [-0.2, -0.15) is 0 Å². The Morgan fingerprint density at radius 1 is 1.33 bits per heavy atom. The van der Waals surface area contributed by atoms with Crippen LogP contribution in [0.15, 0.2) is 27.2 Å². The smallest absolute Gasteiger partial charge is 0.238 e. The molecule has 0 radical (unpaired) electrons. The van der Waals surface area contributed by atoms with Gasteiger partial charge < -0.3 is 19.3 Å². The molecule has 0 bridgehead atoms. The number of rotatable bonds is 5. The number of nitrogens with zero attached hydrogens (tertiary/aromatic N) is 1. The highest BCUT2D eigenvalue weighted by atomic mass is 79.9. The summed E-state index contributed by atoms with van der Waals surface area (Å²) in [7, 11) is 0. The number of anilines is 1. The minimum atomic E-state index is -0.234. The van der Waals surface area contributed by atoms with Gasteiger partial charge in [-0.15, -0.1) is 11.8 Å². The van der Waals surface area contributed by atoms with Crippen LogP contribution in [-0.2, 0) is 10.5 Å². The first kappa shape index (κ1) is 17.2. The van der Waals surface area contributed by atoms with Crippen LogP contribution in [-0.4, -0.2) is 29.5 Å². The first-order valence-electron chi connectivity index (χ1n) is 7.47. The number of ether oxygens (including phenoxy) is 2. The van der Waals surface area contributed by atoms with Crippen LogP contribution in [0.3, 0.4) is 0 Å². The predicted octanol–water partition coefficient (Wildman–Crippen LogP) is 3.78. The molecule has 0 fully saturated rings. The molecule has 1 atom stereocenters. The van der Waals surface area contributed by atoms with Gasteiger partial charge in [-0.3, -0.25) is 4.79 Å². The molecule has 0 spiro atoms. The zero-order chi connectivity index (χ0) is 17.1. The second-order valence-corrected chi connectivity index (χ2v) is 7.54. The van der Waals surface area contributed by atoms with Gasteiger partial charge in [0.15, 0.2) is 17.3 Å². The highest BCUT2D eigenvalue weighted by Gasteiger charge is 2.18. The molecule has 3 rings (SSSR count). The number of aryl methyl sites for hydroxylation is 1. The van der Waals surface area contributed by atoms with E-state index < -0.39 is 0 Å². The molecular weight excluding hydrogens is 396 g/mol. The van der Waals surface area contributed by atoms with Crippen molar-refractivity contribution in [2.75, 3.05) is 18.5 Å². The maximum Gasteiger partial charge on any atom is 0.238 e. The van der Waals surface area contributed by atoms with Crippen molar-refractivity contribution in [3.63, 3.8) is 0 Å². The lowest BCUT2D eigenvalue weighted by atomic mass is 10.2. The van der Waals surface area contributed by atoms with Crippen molar-refractivity contribution in [3.05, 3.63) is 34.0 Å². The van der Waals surface area contributed by atoms with Gasteiger partial charge in [0.25, 0.3) is 0 Å². The number of fused-ring (bicyclic) bond motifs is 1. The Morgan fingerprint density at radius 3 is 2.71 bits per heavy atom. The molecule has 0 saturated carbocycles. The standard InChI is InChI=1S/C16H17BrN2O4S/c1-9-5-15(19-23-9)18-16(20)10(2)24-8-11-6-13-14(7-12(11)17)22-4-3-21-13/h5-7,10H,3-4,8H2,1-2H3,(H,18,19,20). The Labute approximate surface area is 152 Å². The molecule has 1 aromatic heterocycles. The van der Waals surface area contributed by atoms with E-state index in [9.17, 15) is 4.79 Å². The first-order valence-corrected chi connectivity index (χ1v) is 9.31. The summed E-state index contributed by atoms with van der Waals surface area (Å²) in [5.41, 5.74) is 1.06. The van der Waals surface area contributed by atoms with E-state index in [0.717, 1.165) is 21.5 Å². The van der Waals surface area contributed by atoms with E-state index in [4.69, 9.17) is 14.0 Å². The molecule has 1 amide bonds. The number of nitrogens with one attached hydrogen (secondary N) is 1. The van der Waals surface area contributed by atoms with Gasteiger partial charge >= 0.3 is 0 Å². The second kappa shape index (κ2) is 7.48. The van der Waals surface area contributed by atoms with Gasteiger partial charge in [-0.05, 0) is 31.5 Å². The van der Waals surface area contributed by atoms with Gasteiger partial charge in [-0.1, -0.05) is 21.1 Å². The van der Waals surface area contributed by atoms with E-state index in [1.54, 1.807) is 13.0 Å². The van der Waals surface area contributed by atoms with E-state index >= 15 is 0 Å². The molecule has 128 valence electrons. The van der Waals surface area contributed by atoms with Gasteiger partial charge in [-0.25, -0.2) is 0 Å². The Hall–Kier alpha value is -1.67.